The van der Waals surface area contributed by atoms with E-state index in [2.05, 4.69) is 13.8 Å². The Kier molecular flexibility index (Phi) is 3.16. The van der Waals surface area contributed by atoms with Crippen LogP contribution < -0.4 is 0 Å². The first-order valence-corrected chi connectivity index (χ1v) is 6.35. The van der Waals surface area contributed by atoms with Gasteiger partial charge in [0.25, 0.3) is 0 Å². The summed E-state index contributed by atoms with van der Waals surface area (Å²) in [5.41, 5.74) is 0. The van der Waals surface area contributed by atoms with E-state index in [9.17, 15) is 5.11 Å². The van der Waals surface area contributed by atoms with Crippen LogP contribution in [0.4, 0.5) is 0 Å². The van der Waals surface area contributed by atoms with E-state index in [1.165, 1.54) is 32.1 Å². The summed E-state index contributed by atoms with van der Waals surface area (Å²) in [5, 5.41) is 9.91. The van der Waals surface area contributed by atoms with Crippen molar-refractivity contribution in [3.05, 3.63) is 0 Å². The molecule has 0 radical (unpaired) electrons. The molecule has 0 aliphatic heterocycles. The van der Waals surface area contributed by atoms with Crippen molar-refractivity contribution in [2.75, 3.05) is 0 Å². The first-order chi connectivity index (χ1) is 6.66. The van der Waals surface area contributed by atoms with Gasteiger partial charge in [0.2, 0.25) is 0 Å². The second-order valence-electron chi connectivity index (χ2n) is 5.84. The third-order valence-corrected chi connectivity index (χ3v) is 4.35. The molecule has 82 valence electrons. The Morgan fingerprint density at radius 2 is 1.57 bits per heavy atom. The molecule has 1 N–H and O–H groups in total. The molecule has 0 aromatic rings. The van der Waals surface area contributed by atoms with Gasteiger partial charge in [-0.25, -0.2) is 0 Å². The van der Waals surface area contributed by atoms with Gasteiger partial charge in [-0.05, 0) is 55.8 Å². The van der Waals surface area contributed by atoms with Gasteiger partial charge in [0.05, 0.1) is 6.10 Å². The zero-order chi connectivity index (χ0) is 10.1. The van der Waals surface area contributed by atoms with Crippen LogP contribution >= 0.6 is 0 Å². The van der Waals surface area contributed by atoms with Gasteiger partial charge < -0.3 is 5.11 Å². The summed E-state index contributed by atoms with van der Waals surface area (Å²) in [5.74, 6) is 3.24. The smallest absolute Gasteiger partial charge is 0.0571 e. The predicted octanol–water partition coefficient (Wildman–Crippen LogP) is 3.22. The van der Waals surface area contributed by atoms with Crippen molar-refractivity contribution in [1.82, 2.24) is 0 Å². The van der Waals surface area contributed by atoms with Crippen LogP contribution in [0.15, 0.2) is 0 Å². The number of aliphatic hydroxyl groups is 1. The summed E-state index contributed by atoms with van der Waals surface area (Å²) >= 11 is 0. The molecule has 2 aliphatic carbocycles. The van der Waals surface area contributed by atoms with Crippen molar-refractivity contribution in [3.63, 3.8) is 0 Å². The van der Waals surface area contributed by atoms with Crippen LogP contribution in [0.5, 0.6) is 0 Å². The topological polar surface area (TPSA) is 20.2 Å². The minimum atomic E-state index is 0.0255. The lowest BCUT2D eigenvalue weighted by Crippen LogP contribution is -2.29. The fourth-order valence-corrected chi connectivity index (χ4v) is 3.88. The van der Waals surface area contributed by atoms with E-state index in [1.807, 2.05) is 0 Å². The van der Waals surface area contributed by atoms with Gasteiger partial charge >= 0.3 is 0 Å². The third kappa shape index (κ3) is 2.13. The second-order valence-corrected chi connectivity index (χ2v) is 5.84. The molecule has 0 aromatic carbocycles. The monoisotopic (exact) mass is 196 g/mol. The maximum Gasteiger partial charge on any atom is 0.0571 e. The highest BCUT2D eigenvalue weighted by atomic mass is 16.3. The summed E-state index contributed by atoms with van der Waals surface area (Å²) in [6.07, 6.45) is 7.76. The molecule has 2 fully saturated rings. The maximum atomic E-state index is 9.91. The van der Waals surface area contributed by atoms with E-state index < -0.39 is 0 Å². The molecule has 2 aliphatic rings. The van der Waals surface area contributed by atoms with E-state index in [0.29, 0.717) is 5.92 Å². The molecule has 0 saturated heterocycles. The zero-order valence-corrected chi connectivity index (χ0v) is 9.58. The molecular formula is C13H24O. The van der Waals surface area contributed by atoms with Crippen molar-refractivity contribution in [2.45, 2.75) is 58.5 Å². The van der Waals surface area contributed by atoms with Crippen LogP contribution in [0.25, 0.3) is 0 Å². The lowest BCUT2D eigenvalue weighted by Gasteiger charge is -2.36. The highest BCUT2D eigenvalue weighted by Crippen LogP contribution is 2.42. The van der Waals surface area contributed by atoms with E-state index in [4.69, 9.17) is 0 Å². The van der Waals surface area contributed by atoms with Gasteiger partial charge in [0, 0.05) is 0 Å². The Bertz CT molecular complexity index is 180. The van der Waals surface area contributed by atoms with Crippen LogP contribution in [-0.2, 0) is 0 Å². The summed E-state index contributed by atoms with van der Waals surface area (Å²) < 4.78 is 0. The summed E-state index contributed by atoms with van der Waals surface area (Å²) in [7, 11) is 0. The molecule has 0 heterocycles. The molecule has 14 heavy (non-hydrogen) atoms. The molecule has 0 amide bonds. The molecule has 2 rings (SSSR count). The van der Waals surface area contributed by atoms with Crippen LogP contribution in [0.1, 0.15) is 52.4 Å². The summed E-state index contributed by atoms with van der Waals surface area (Å²) in [4.78, 5) is 0. The van der Waals surface area contributed by atoms with Crippen molar-refractivity contribution in [3.8, 4) is 0 Å². The highest BCUT2D eigenvalue weighted by molar-refractivity contribution is 4.86. The number of aliphatic hydroxyl groups excluding tert-OH is 1. The third-order valence-electron chi connectivity index (χ3n) is 4.35. The Morgan fingerprint density at radius 3 is 2.07 bits per heavy atom. The lowest BCUT2D eigenvalue weighted by atomic mass is 9.70. The molecular weight excluding hydrogens is 172 g/mol. The maximum absolute atomic E-state index is 9.91. The van der Waals surface area contributed by atoms with Gasteiger partial charge in [-0.3, -0.25) is 0 Å². The predicted molar refractivity (Wildman–Crippen MR) is 59.0 cm³/mol. The van der Waals surface area contributed by atoms with Gasteiger partial charge in [0.1, 0.15) is 0 Å². The minimum absolute atomic E-state index is 0.0255. The largest absolute Gasteiger partial charge is 0.393 e. The Labute approximate surface area is 87.9 Å². The molecule has 1 nitrogen and oxygen atoms in total. The average Bonchev–Trinajstić information content (AvgIpc) is 2.49. The Hall–Kier alpha value is -0.0400. The van der Waals surface area contributed by atoms with Gasteiger partial charge in [0.15, 0.2) is 0 Å². The first kappa shape index (κ1) is 10.5. The molecule has 2 saturated carbocycles. The standard InChI is InChI=1S/C13H24O/c1-9-6-10(2)8-11(7-9)12-4-3-5-13(12)14/h9-14H,3-8H2,1-2H3. The first-order valence-electron chi connectivity index (χ1n) is 6.35. The minimum Gasteiger partial charge on any atom is -0.393 e. The highest BCUT2D eigenvalue weighted by Gasteiger charge is 2.36. The van der Waals surface area contributed by atoms with E-state index >= 15 is 0 Å². The molecule has 0 spiro atoms. The van der Waals surface area contributed by atoms with Crippen LogP contribution in [0.2, 0.25) is 0 Å². The van der Waals surface area contributed by atoms with Crippen molar-refractivity contribution in [2.24, 2.45) is 23.7 Å². The normalized spacial score (nSPS) is 49.5. The summed E-state index contributed by atoms with van der Waals surface area (Å²) in [6, 6.07) is 0. The van der Waals surface area contributed by atoms with Crippen LogP contribution in [0, 0.1) is 23.7 Å². The van der Waals surface area contributed by atoms with Crippen molar-refractivity contribution < 1.29 is 5.11 Å². The van der Waals surface area contributed by atoms with Gasteiger partial charge in [-0.15, -0.1) is 0 Å². The molecule has 1 heteroatoms. The molecule has 0 aromatic heterocycles. The molecule has 0 bridgehead atoms. The van der Waals surface area contributed by atoms with Crippen molar-refractivity contribution >= 4 is 0 Å². The van der Waals surface area contributed by atoms with Crippen LogP contribution in [0.3, 0.4) is 0 Å². The molecule has 4 atom stereocenters. The van der Waals surface area contributed by atoms with E-state index in [-0.39, 0.29) is 6.10 Å². The second kappa shape index (κ2) is 4.22. The zero-order valence-electron chi connectivity index (χ0n) is 9.58. The van der Waals surface area contributed by atoms with Gasteiger partial charge in [-0.1, -0.05) is 20.3 Å². The summed E-state index contributed by atoms with van der Waals surface area (Å²) in [6.45, 7) is 4.76. The SMILES string of the molecule is CC1CC(C)CC(C2CCCC2O)C1. The Morgan fingerprint density at radius 1 is 0.929 bits per heavy atom. The fraction of sp³-hybridized carbons (Fsp3) is 1.00. The van der Waals surface area contributed by atoms with E-state index in [0.717, 1.165) is 24.2 Å². The molecule has 4 unspecified atom stereocenters. The average molecular weight is 196 g/mol. The van der Waals surface area contributed by atoms with Crippen molar-refractivity contribution in [1.29, 1.82) is 0 Å². The van der Waals surface area contributed by atoms with Gasteiger partial charge in [-0.2, -0.15) is 0 Å². The quantitative estimate of drug-likeness (QED) is 0.682. The number of hydrogen-bond acceptors (Lipinski definition) is 1. The fourth-order valence-electron chi connectivity index (χ4n) is 3.88. The number of rotatable bonds is 1. The van der Waals surface area contributed by atoms with E-state index in [1.54, 1.807) is 0 Å². The number of hydrogen-bond donors (Lipinski definition) is 1. The Balaban J connectivity index is 1.95. The lowest BCUT2D eigenvalue weighted by molar-refractivity contribution is 0.0618. The van der Waals surface area contributed by atoms with Crippen LogP contribution in [-0.4, -0.2) is 11.2 Å².